The minimum Gasteiger partial charge on any atom is -0.507 e. The van der Waals surface area contributed by atoms with Crippen molar-refractivity contribution in [2.24, 2.45) is 0 Å². The molecule has 0 fully saturated rings. The number of anilines is 1. The topological polar surface area (TPSA) is 49.3 Å². The monoisotopic (exact) mass is 333 g/mol. The van der Waals surface area contributed by atoms with Gasteiger partial charge < -0.3 is 10.4 Å². The van der Waals surface area contributed by atoms with Gasteiger partial charge in [-0.25, -0.2) is 4.39 Å². The Hall–Kier alpha value is -2.28. The predicted molar refractivity (Wildman–Crippen MR) is 72.5 cm³/mol. The maximum Gasteiger partial charge on any atom is 0.417 e. The van der Waals surface area contributed by atoms with Crippen LogP contribution in [-0.2, 0) is 6.18 Å². The van der Waals surface area contributed by atoms with Crippen LogP contribution in [0.1, 0.15) is 15.9 Å². The van der Waals surface area contributed by atoms with E-state index in [1.165, 1.54) is 6.07 Å². The number of phenolic OH excluding ortho intramolecular Hbond substituents is 1. The number of benzene rings is 2. The average molecular weight is 334 g/mol. The number of halogens is 5. The van der Waals surface area contributed by atoms with Crippen LogP contribution in [0.2, 0.25) is 5.02 Å². The average Bonchev–Trinajstić information content (AvgIpc) is 2.39. The summed E-state index contributed by atoms with van der Waals surface area (Å²) in [5, 5.41) is 11.0. The van der Waals surface area contributed by atoms with Gasteiger partial charge in [-0.15, -0.1) is 0 Å². The zero-order chi connectivity index (χ0) is 16.5. The number of alkyl halides is 3. The van der Waals surface area contributed by atoms with Gasteiger partial charge in [0, 0.05) is 5.69 Å². The Morgan fingerprint density at radius 2 is 1.86 bits per heavy atom. The summed E-state index contributed by atoms with van der Waals surface area (Å²) in [7, 11) is 0. The summed E-state index contributed by atoms with van der Waals surface area (Å²) in [4.78, 5) is 11.9. The molecular weight excluding hydrogens is 326 g/mol. The highest BCUT2D eigenvalue weighted by Gasteiger charge is 2.33. The Morgan fingerprint density at radius 1 is 1.18 bits per heavy atom. The van der Waals surface area contributed by atoms with E-state index in [-0.39, 0.29) is 5.69 Å². The fourth-order valence-corrected chi connectivity index (χ4v) is 1.98. The lowest BCUT2D eigenvalue weighted by Gasteiger charge is -2.12. The molecule has 2 N–H and O–H groups in total. The largest absolute Gasteiger partial charge is 0.507 e. The second-order valence-electron chi connectivity index (χ2n) is 4.28. The summed E-state index contributed by atoms with van der Waals surface area (Å²) in [5.74, 6) is -2.70. The zero-order valence-corrected chi connectivity index (χ0v) is 11.5. The van der Waals surface area contributed by atoms with Crippen LogP contribution in [0, 0.1) is 5.82 Å². The van der Waals surface area contributed by atoms with E-state index in [0.717, 1.165) is 24.3 Å². The molecule has 3 nitrogen and oxygen atoms in total. The van der Waals surface area contributed by atoms with Gasteiger partial charge in [-0.1, -0.05) is 17.7 Å². The number of nitrogens with one attached hydrogen (secondary N) is 1. The van der Waals surface area contributed by atoms with Crippen LogP contribution in [0.15, 0.2) is 36.4 Å². The van der Waals surface area contributed by atoms with Crippen molar-refractivity contribution in [3.63, 3.8) is 0 Å². The Labute approximate surface area is 127 Å². The van der Waals surface area contributed by atoms with E-state index in [0.29, 0.717) is 6.07 Å². The Bertz CT molecular complexity index is 711. The second kappa shape index (κ2) is 5.84. The van der Waals surface area contributed by atoms with Crippen LogP contribution in [0.25, 0.3) is 0 Å². The molecule has 0 heterocycles. The molecule has 1 amide bonds. The minimum absolute atomic E-state index is 0.232. The molecular formula is C14H8ClF4NO2. The molecule has 0 bridgehead atoms. The van der Waals surface area contributed by atoms with Gasteiger partial charge in [0.1, 0.15) is 17.1 Å². The molecule has 116 valence electrons. The summed E-state index contributed by atoms with van der Waals surface area (Å²) < 4.78 is 51.7. The molecule has 0 spiro atoms. The molecule has 2 aromatic rings. The van der Waals surface area contributed by atoms with Gasteiger partial charge in [0.15, 0.2) is 0 Å². The van der Waals surface area contributed by atoms with Gasteiger partial charge in [-0.05, 0) is 30.3 Å². The van der Waals surface area contributed by atoms with Gasteiger partial charge >= 0.3 is 6.18 Å². The lowest BCUT2D eigenvalue weighted by molar-refractivity contribution is -0.137. The molecule has 22 heavy (non-hydrogen) atoms. The molecule has 2 aromatic carbocycles. The summed E-state index contributed by atoms with van der Waals surface area (Å²) in [5.41, 5.74) is -2.03. The fraction of sp³-hybridized carbons (Fsp3) is 0.0714. The van der Waals surface area contributed by atoms with E-state index < -0.39 is 39.8 Å². The number of amides is 1. The molecule has 0 unspecified atom stereocenters. The molecule has 0 aliphatic carbocycles. The van der Waals surface area contributed by atoms with E-state index in [2.05, 4.69) is 5.32 Å². The number of carbonyl (C=O) groups excluding carboxylic acids is 1. The smallest absolute Gasteiger partial charge is 0.417 e. The highest BCUT2D eigenvalue weighted by Crippen LogP contribution is 2.36. The second-order valence-corrected chi connectivity index (χ2v) is 4.69. The fourth-order valence-electron chi connectivity index (χ4n) is 1.75. The molecule has 2 rings (SSSR count). The molecule has 0 radical (unpaired) electrons. The summed E-state index contributed by atoms with van der Waals surface area (Å²) in [6.45, 7) is 0. The third-order valence-electron chi connectivity index (χ3n) is 2.75. The van der Waals surface area contributed by atoms with E-state index >= 15 is 0 Å². The number of rotatable bonds is 2. The lowest BCUT2D eigenvalue weighted by Crippen LogP contribution is -2.15. The van der Waals surface area contributed by atoms with Crippen LogP contribution >= 0.6 is 11.6 Å². The first kappa shape index (κ1) is 16.1. The molecule has 0 aliphatic rings. The molecule has 0 atom stereocenters. The predicted octanol–water partition coefficient (Wildman–Crippen LogP) is 4.46. The third kappa shape index (κ3) is 3.30. The van der Waals surface area contributed by atoms with Crippen LogP contribution in [0.3, 0.4) is 0 Å². The first-order valence-electron chi connectivity index (χ1n) is 5.85. The Balaban J connectivity index is 2.34. The van der Waals surface area contributed by atoms with Gasteiger partial charge in [-0.3, -0.25) is 4.79 Å². The zero-order valence-electron chi connectivity index (χ0n) is 10.7. The Kier molecular flexibility index (Phi) is 4.27. The first-order chi connectivity index (χ1) is 10.2. The molecule has 8 heteroatoms. The molecule has 0 saturated carbocycles. The minimum atomic E-state index is -4.70. The van der Waals surface area contributed by atoms with Crippen molar-refractivity contribution in [1.82, 2.24) is 0 Å². The molecule has 0 aliphatic heterocycles. The van der Waals surface area contributed by atoms with Crippen molar-refractivity contribution in [3.8, 4) is 5.75 Å². The van der Waals surface area contributed by atoms with Crippen molar-refractivity contribution >= 4 is 23.2 Å². The molecule has 0 saturated heterocycles. The Morgan fingerprint density at radius 3 is 2.45 bits per heavy atom. The third-order valence-corrected chi connectivity index (χ3v) is 3.08. The highest BCUT2D eigenvalue weighted by atomic mass is 35.5. The number of phenols is 1. The van der Waals surface area contributed by atoms with Crippen molar-refractivity contribution in [2.75, 3.05) is 5.32 Å². The van der Waals surface area contributed by atoms with Crippen LogP contribution in [0.4, 0.5) is 23.2 Å². The number of carbonyl (C=O) groups is 1. The first-order valence-corrected chi connectivity index (χ1v) is 6.23. The number of aromatic hydroxyl groups is 1. The van der Waals surface area contributed by atoms with Gasteiger partial charge in [0.05, 0.1) is 10.6 Å². The maximum absolute atomic E-state index is 13.5. The van der Waals surface area contributed by atoms with Gasteiger partial charge in [0.2, 0.25) is 0 Å². The van der Waals surface area contributed by atoms with Gasteiger partial charge in [0.25, 0.3) is 5.91 Å². The summed E-state index contributed by atoms with van der Waals surface area (Å²) in [6.07, 6.45) is -4.70. The summed E-state index contributed by atoms with van der Waals surface area (Å²) >= 11 is 5.45. The van der Waals surface area contributed by atoms with E-state index in [1.807, 2.05) is 0 Å². The number of hydrogen-bond acceptors (Lipinski definition) is 2. The van der Waals surface area contributed by atoms with Crippen molar-refractivity contribution in [1.29, 1.82) is 0 Å². The number of hydrogen-bond donors (Lipinski definition) is 2. The van der Waals surface area contributed by atoms with E-state index in [1.54, 1.807) is 0 Å². The van der Waals surface area contributed by atoms with Crippen LogP contribution in [-0.4, -0.2) is 11.0 Å². The van der Waals surface area contributed by atoms with E-state index in [9.17, 15) is 27.5 Å². The van der Waals surface area contributed by atoms with Gasteiger partial charge in [-0.2, -0.15) is 13.2 Å². The summed E-state index contributed by atoms with van der Waals surface area (Å²) in [6, 6.07) is 5.93. The highest BCUT2D eigenvalue weighted by molar-refractivity contribution is 6.31. The normalized spacial score (nSPS) is 11.3. The quantitative estimate of drug-likeness (QED) is 0.797. The standard InChI is InChI=1S/C14H8ClF4NO2/c15-9-5-4-7(6-8(9)14(17,18)19)20-13(22)12-10(16)2-1-3-11(12)21/h1-6,21H,(H,20,22). The maximum atomic E-state index is 13.5. The lowest BCUT2D eigenvalue weighted by atomic mass is 10.1. The van der Waals surface area contributed by atoms with Crippen molar-refractivity contribution in [2.45, 2.75) is 6.18 Å². The van der Waals surface area contributed by atoms with Crippen molar-refractivity contribution in [3.05, 3.63) is 58.4 Å². The SMILES string of the molecule is O=C(Nc1ccc(Cl)c(C(F)(F)F)c1)c1c(O)cccc1F. The van der Waals surface area contributed by atoms with Crippen LogP contribution in [0.5, 0.6) is 5.75 Å². The van der Waals surface area contributed by atoms with E-state index in [4.69, 9.17) is 11.6 Å². The van der Waals surface area contributed by atoms with Crippen LogP contribution < -0.4 is 5.32 Å². The van der Waals surface area contributed by atoms with Crippen molar-refractivity contribution < 1.29 is 27.5 Å². The molecule has 0 aromatic heterocycles.